The lowest BCUT2D eigenvalue weighted by atomic mass is 9.83. The maximum Gasteiger partial charge on any atom is 0.232 e. The number of benzene rings is 2. The van der Waals surface area contributed by atoms with Gasteiger partial charge in [0.15, 0.2) is 11.6 Å². The monoisotopic (exact) mass is 480 g/mol. The first kappa shape index (κ1) is 25.0. The van der Waals surface area contributed by atoms with Crippen molar-refractivity contribution in [1.82, 2.24) is 5.32 Å². The normalized spacial score (nSPS) is 17.1. The van der Waals surface area contributed by atoms with E-state index in [0.29, 0.717) is 6.42 Å². The molecule has 9 heteroatoms. The van der Waals surface area contributed by atoms with Gasteiger partial charge in [0, 0.05) is 31.0 Å². The standard InChI is InChI=1S/C24H30F2N2O4S/c1-4-24(5-2)16-21(18-9-6-7-10-22(18)32-24)27-23(29)11-8-14-28(33(3,30)31)17-12-13-19(25)20(26)15-17/h6-7,9-10,12-13,15,21H,4-5,8,11,14,16H2,1-3H3,(H,27,29)/t21-/m0/s1. The van der Waals surface area contributed by atoms with Crippen LogP contribution >= 0.6 is 0 Å². The van der Waals surface area contributed by atoms with Crippen molar-refractivity contribution in [3.05, 3.63) is 59.7 Å². The van der Waals surface area contributed by atoms with Crippen LogP contribution in [-0.4, -0.2) is 32.7 Å². The van der Waals surface area contributed by atoms with Crippen LogP contribution in [0.1, 0.15) is 57.6 Å². The minimum atomic E-state index is -3.74. The Hall–Kier alpha value is -2.68. The number of sulfonamides is 1. The van der Waals surface area contributed by atoms with E-state index in [0.717, 1.165) is 46.8 Å². The van der Waals surface area contributed by atoms with Crippen molar-refractivity contribution < 1.29 is 26.7 Å². The van der Waals surface area contributed by atoms with E-state index in [1.807, 2.05) is 24.3 Å². The fourth-order valence-corrected chi connectivity index (χ4v) is 5.16. The van der Waals surface area contributed by atoms with Gasteiger partial charge in [-0.05, 0) is 37.5 Å². The molecule has 33 heavy (non-hydrogen) atoms. The largest absolute Gasteiger partial charge is 0.487 e. The SMILES string of the molecule is CCC1(CC)C[C@H](NC(=O)CCCN(c2ccc(F)c(F)c2)S(C)(=O)=O)c2ccccc2O1. The molecule has 1 heterocycles. The van der Waals surface area contributed by atoms with Gasteiger partial charge >= 0.3 is 0 Å². The number of hydrogen-bond donors (Lipinski definition) is 1. The number of hydrogen-bond acceptors (Lipinski definition) is 4. The summed E-state index contributed by atoms with van der Waals surface area (Å²) in [6, 6.07) is 10.3. The van der Waals surface area contributed by atoms with E-state index in [-0.39, 0.29) is 42.6 Å². The van der Waals surface area contributed by atoms with E-state index in [1.165, 1.54) is 6.07 Å². The summed E-state index contributed by atoms with van der Waals surface area (Å²) >= 11 is 0. The molecule has 1 atom stereocenters. The first-order chi connectivity index (χ1) is 15.6. The number of para-hydroxylation sites is 1. The van der Waals surface area contributed by atoms with Crippen LogP contribution in [0.25, 0.3) is 0 Å². The van der Waals surface area contributed by atoms with Crippen LogP contribution in [0.3, 0.4) is 0 Å². The van der Waals surface area contributed by atoms with E-state index in [2.05, 4.69) is 19.2 Å². The zero-order valence-electron chi connectivity index (χ0n) is 19.1. The predicted molar refractivity (Wildman–Crippen MR) is 124 cm³/mol. The quantitative estimate of drug-likeness (QED) is 0.564. The molecule has 0 saturated heterocycles. The van der Waals surface area contributed by atoms with E-state index in [4.69, 9.17) is 4.74 Å². The van der Waals surface area contributed by atoms with Crippen LogP contribution in [-0.2, 0) is 14.8 Å². The Kier molecular flexibility index (Phi) is 7.62. The van der Waals surface area contributed by atoms with Crippen molar-refractivity contribution in [2.75, 3.05) is 17.1 Å². The molecular weight excluding hydrogens is 450 g/mol. The van der Waals surface area contributed by atoms with Crippen molar-refractivity contribution in [2.24, 2.45) is 0 Å². The Balaban J connectivity index is 1.67. The minimum Gasteiger partial charge on any atom is -0.487 e. The van der Waals surface area contributed by atoms with Crippen molar-refractivity contribution >= 4 is 21.6 Å². The summed E-state index contributed by atoms with van der Waals surface area (Å²) in [6.45, 7) is 4.10. The Morgan fingerprint density at radius 2 is 1.85 bits per heavy atom. The second-order valence-corrected chi connectivity index (χ2v) is 10.3. The maximum absolute atomic E-state index is 13.6. The van der Waals surface area contributed by atoms with Gasteiger partial charge in [0.1, 0.15) is 11.4 Å². The third-order valence-corrected chi connectivity index (χ3v) is 7.37. The van der Waals surface area contributed by atoms with Crippen LogP contribution < -0.4 is 14.4 Å². The number of rotatable bonds is 9. The lowest BCUT2D eigenvalue weighted by Gasteiger charge is -2.41. The van der Waals surface area contributed by atoms with Crippen LogP contribution in [0.15, 0.2) is 42.5 Å². The minimum absolute atomic E-state index is 0.0193. The molecule has 2 aromatic rings. The lowest BCUT2D eigenvalue weighted by molar-refractivity contribution is -0.122. The molecule has 0 spiro atoms. The third kappa shape index (κ3) is 5.82. The van der Waals surface area contributed by atoms with Gasteiger partial charge in [-0.1, -0.05) is 32.0 Å². The lowest BCUT2D eigenvalue weighted by Crippen LogP contribution is -2.44. The second-order valence-electron chi connectivity index (χ2n) is 8.39. The molecule has 1 aliphatic rings. The van der Waals surface area contributed by atoms with Crippen LogP contribution in [0, 0.1) is 11.6 Å². The highest BCUT2D eigenvalue weighted by Crippen LogP contribution is 2.42. The van der Waals surface area contributed by atoms with E-state index in [1.54, 1.807) is 0 Å². The van der Waals surface area contributed by atoms with Crippen LogP contribution in [0.5, 0.6) is 5.75 Å². The van der Waals surface area contributed by atoms with E-state index in [9.17, 15) is 22.0 Å². The highest BCUT2D eigenvalue weighted by molar-refractivity contribution is 7.92. The highest BCUT2D eigenvalue weighted by atomic mass is 32.2. The Morgan fingerprint density at radius 3 is 2.48 bits per heavy atom. The first-order valence-electron chi connectivity index (χ1n) is 11.1. The molecule has 180 valence electrons. The molecular formula is C24H30F2N2O4S. The van der Waals surface area contributed by atoms with E-state index < -0.39 is 21.7 Å². The number of carbonyl (C=O) groups excluding carboxylic acids is 1. The number of carbonyl (C=O) groups is 1. The summed E-state index contributed by atoms with van der Waals surface area (Å²) in [5.74, 6) is -1.64. The Morgan fingerprint density at radius 1 is 1.15 bits per heavy atom. The second kappa shape index (κ2) is 10.1. The average Bonchev–Trinajstić information content (AvgIpc) is 2.77. The van der Waals surface area contributed by atoms with Gasteiger partial charge in [0.25, 0.3) is 0 Å². The molecule has 0 aromatic heterocycles. The Labute approximate surface area is 194 Å². The van der Waals surface area contributed by atoms with Gasteiger partial charge < -0.3 is 10.1 Å². The number of ether oxygens (including phenoxy) is 1. The molecule has 2 aromatic carbocycles. The maximum atomic E-state index is 13.6. The zero-order chi connectivity index (χ0) is 24.2. The van der Waals surface area contributed by atoms with Crippen LogP contribution in [0.2, 0.25) is 0 Å². The number of halogens is 2. The predicted octanol–water partition coefficient (Wildman–Crippen LogP) is 4.71. The summed E-state index contributed by atoms with van der Waals surface area (Å²) in [4.78, 5) is 12.7. The van der Waals surface area contributed by atoms with Crippen LogP contribution in [0.4, 0.5) is 14.5 Å². The average molecular weight is 481 g/mol. The number of nitrogens with one attached hydrogen (secondary N) is 1. The van der Waals surface area contributed by atoms with Crippen molar-refractivity contribution in [3.63, 3.8) is 0 Å². The van der Waals surface area contributed by atoms with Gasteiger partial charge in [0.2, 0.25) is 15.9 Å². The van der Waals surface area contributed by atoms with Crippen molar-refractivity contribution in [2.45, 2.75) is 57.6 Å². The zero-order valence-corrected chi connectivity index (χ0v) is 19.9. The molecule has 0 bridgehead atoms. The summed E-state index contributed by atoms with van der Waals surface area (Å²) in [5.41, 5.74) is 0.584. The fraction of sp³-hybridized carbons (Fsp3) is 0.458. The molecule has 0 fully saturated rings. The molecule has 1 N–H and O–H groups in total. The van der Waals surface area contributed by atoms with E-state index >= 15 is 0 Å². The summed E-state index contributed by atoms with van der Waals surface area (Å²) in [6.07, 6.45) is 3.55. The Bertz CT molecular complexity index is 1100. The summed E-state index contributed by atoms with van der Waals surface area (Å²) in [7, 11) is -3.74. The van der Waals surface area contributed by atoms with Crippen molar-refractivity contribution in [3.8, 4) is 5.75 Å². The fourth-order valence-electron chi connectivity index (χ4n) is 4.21. The number of amides is 1. The van der Waals surface area contributed by atoms with Gasteiger partial charge in [-0.15, -0.1) is 0 Å². The molecule has 0 saturated carbocycles. The summed E-state index contributed by atoms with van der Waals surface area (Å²) < 4.78 is 58.5. The van der Waals surface area contributed by atoms with Gasteiger partial charge in [-0.2, -0.15) is 0 Å². The number of nitrogens with zero attached hydrogens (tertiary/aromatic N) is 1. The molecule has 1 amide bonds. The topological polar surface area (TPSA) is 75.7 Å². The van der Waals surface area contributed by atoms with Gasteiger partial charge in [-0.25, -0.2) is 17.2 Å². The van der Waals surface area contributed by atoms with Gasteiger partial charge in [-0.3, -0.25) is 9.10 Å². The molecule has 3 rings (SSSR count). The molecule has 0 unspecified atom stereocenters. The smallest absolute Gasteiger partial charge is 0.232 e. The molecule has 0 aliphatic carbocycles. The first-order valence-corrected chi connectivity index (χ1v) is 12.9. The van der Waals surface area contributed by atoms with Crippen molar-refractivity contribution in [1.29, 1.82) is 0 Å². The molecule has 1 aliphatic heterocycles. The molecule has 0 radical (unpaired) electrons. The molecule has 6 nitrogen and oxygen atoms in total. The number of anilines is 1. The highest BCUT2D eigenvalue weighted by Gasteiger charge is 2.38. The number of fused-ring (bicyclic) bond motifs is 1. The van der Waals surface area contributed by atoms with Gasteiger partial charge in [0.05, 0.1) is 18.0 Å². The third-order valence-electron chi connectivity index (χ3n) is 6.18. The summed E-state index contributed by atoms with van der Waals surface area (Å²) in [5, 5.41) is 3.07.